The summed E-state index contributed by atoms with van der Waals surface area (Å²) in [6.45, 7) is 2.99. The summed E-state index contributed by atoms with van der Waals surface area (Å²) in [5.74, 6) is -3.81. The van der Waals surface area contributed by atoms with Crippen LogP contribution >= 0.6 is 0 Å². The van der Waals surface area contributed by atoms with Crippen molar-refractivity contribution >= 4 is 0 Å². The number of halogens is 4. The zero-order chi connectivity index (χ0) is 31.4. The molecule has 1 atom stereocenters. The highest BCUT2D eigenvalue weighted by Crippen LogP contribution is 2.43. The van der Waals surface area contributed by atoms with Crippen LogP contribution in [0.1, 0.15) is 86.6 Å². The molecular weight excluding hydrogens is 580 g/mol. The Morgan fingerprint density at radius 1 is 0.889 bits per heavy atom. The normalized spacial score (nSPS) is 21.1. The van der Waals surface area contributed by atoms with Crippen LogP contribution in [0.2, 0.25) is 0 Å². The van der Waals surface area contributed by atoms with E-state index in [4.69, 9.17) is 9.47 Å². The average Bonchev–Trinajstić information content (AvgIpc) is 3.00. The summed E-state index contributed by atoms with van der Waals surface area (Å²) in [6, 6.07) is 16.6. The number of benzene rings is 3. The lowest BCUT2D eigenvalue weighted by molar-refractivity contribution is -0.0246. The molecule has 45 heavy (non-hydrogen) atoms. The molecular formula is C37H44F4N2O2. The van der Waals surface area contributed by atoms with Crippen LogP contribution in [0, 0.1) is 17.0 Å². The third-order valence-corrected chi connectivity index (χ3v) is 9.93. The van der Waals surface area contributed by atoms with Gasteiger partial charge in [-0.2, -0.15) is 0 Å². The van der Waals surface area contributed by atoms with Crippen molar-refractivity contribution in [3.05, 3.63) is 94.6 Å². The van der Waals surface area contributed by atoms with Crippen molar-refractivity contribution in [2.45, 2.75) is 89.4 Å². The number of rotatable bonds is 8. The van der Waals surface area contributed by atoms with Gasteiger partial charge in [-0.25, -0.2) is 17.6 Å². The van der Waals surface area contributed by atoms with Crippen LogP contribution in [-0.2, 0) is 13.0 Å². The fourth-order valence-electron chi connectivity index (χ4n) is 7.69. The van der Waals surface area contributed by atoms with Crippen molar-refractivity contribution in [3.8, 4) is 11.5 Å². The summed E-state index contributed by atoms with van der Waals surface area (Å²) in [5.41, 5.74) is 2.65. The summed E-state index contributed by atoms with van der Waals surface area (Å²) in [6.07, 6.45) is 8.88. The summed E-state index contributed by atoms with van der Waals surface area (Å²) < 4.78 is 72.7. The van der Waals surface area contributed by atoms with Crippen molar-refractivity contribution < 1.29 is 27.0 Å². The summed E-state index contributed by atoms with van der Waals surface area (Å²) >= 11 is 0. The second kappa shape index (κ2) is 13.7. The maximum absolute atomic E-state index is 16.0. The Bertz CT molecular complexity index is 1400. The molecule has 1 saturated carbocycles. The first-order valence-electron chi connectivity index (χ1n) is 16.5. The Hall–Kier alpha value is -3.10. The average molecular weight is 625 g/mol. The second-order valence-electron chi connectivity index (χ2n) is 13.4. The topological polar surface area (TPSA) is 33.7 Å². The minimum Gasteiger partial charge on any atom is -0.490 e. The van der Waals surface area contributed by atoms with Crippen LogP contribution in [0.15, 0.2) is 60.7 Å². The van der Waals surface area contributed by atoms with Crippen LogP contribution < -0.4 is 14.8 Å². The largest absolute Gasteiger partial charge is 0.490 e. The van der Waals surface area contributed by atoms with E-state index in [-0.39, 0.29) is 24.0 Å². The van der Waals surface area contributed by atoms with Crippen molar-refractivity contribution in [2.24, 2.45) is 5.41 Å². The molecule has 1 aliphatic carbocycles. The fourth-order valence-corrected chi connectivity index (χ4v) is 7.69. The maximum Gasteiger partial charge on any atom is 0.257 e. The van der Waals surface area contributed by atoms with Gasteiger partial charge < -0.3 is 14.8 Å². The van der Waals surface area contributed by atoms with Crippen LogP contribution in [0.4, 0.5) is 17.6 Å². The van der Waals surface area contributed by atoms with Gasteiger partial charge >= 0.3 is 0 Å². The first-order chi connectivity index (χ1) is 21.7. The zero-order valence-corrected chi connectivity index (χ0v) is 26.1. The molecule has 2 heterocycles. The fraction of sp³-hybridized carbons (Fsp3) is 0.514. The van der Waals surface area contributed by atoms with Crippen LogP contribution in [0.3, 0.4) is 0 Å². The summed E-state index contributed by atoms with van der Waals surface area (Å²) in [7, 11) is 0. The Labute approximate surface area is 264 Å². The van der Waals surface area contributed by atoms with E-state index in [0.717, 1.165) is 69.7 Å². The van der Waals surface area contributed by atoms with E-state index in [0.29, 0.717) is 29.8 Å². The lowest BCUT2D eigenvalue weighted by Gasteiger charge is -2.40. The van der Waals surface area contributed by atoms with Gasteiger partial charge in [0.1, 0.15) is 29.7 Å². The van der Waals surface area contributed by atoms with Gasteiger partial charge in [0.2, 0.25) is 0 Å². The monoisotopic (exact) mass is 624 g/mol. The van der Waals surface area contributed by atoms with Crippen molar-refractivity contribution in [1.29, 1.82) is 0 Å². The van der Waals surface area contributed by atoms with Gasteiger partial charge in [-0.3, -0.25) is 4.90 Å². The Morgan fingerprint density at radius 2 is 1.58 bits per heavy atom. The number of alkyl halides is 2. The molecule has 242 valence electrons. The second-order valence-corrected chi connectivity index (χ2v) is 13.4. The van der Waals surface area contributed by atoms with E-state index in [1.54, 1.807) is 12.1 Å². The van der Waals surface area contributed by atoms with Gasteiger partial charge in [0.15, 0.2) is 0 Å². The molecule has 1 unspecified atom stereocenters. The van der Waals surface area contributed by atoms with Crippen LogP contribution in [-0.4, -0.2) is 43.1 Å². The predicted molar refractivity (Wildman–Crippen MR) is 168 cm³/mol. The Morgan fingerprint density at radius 3 is 2.24 bits per heavy atom. The molecule has 0 radical (unpaired) electrons. The smallest absolute Gasteiger partial charge is 0.257 e. The number of nitrogens with one attached hydrogen (secondary N) is 1. The van der Waals surface area contributed by atoms with E-state index in [1.807, 2.05) is 36.4 Å². The molecule has 0 aromatic heterocycles. The molecule has 6 rings (SSSR count). The van der Waals surface area contributed by atoms with Crippen molar-refractivity contribution in [3.63, 3.8) is 0 Å². The molecule has 1 N–H and O–H groups in total. The van der Waals surface area contributed by atoms with Gasteiger partial charge in [0.05, 0.1) is 18.7 Å². The standard InChI is InChI=1S/C37H44F4N2O2/c1-36(40,41)25-43-20-13-27-21-29(44-24-26-7-3-2-4-8-26)11-12-31(27)35(43)34-32(38)22-30(23-33(34)39)45-28-9-5-14-37(15-6-10-28)16-18-42-19-17-37/h2-4,7-8,11-12,21-23,28,35,42H,5-6,9-10,13-20,24-25H2,1H3. The Balaban J connectivity index is 1.21. The molecule has 3 aromatic carbocycles. The third kappa shape index (κ3) is 7.83. The Kier molecular flexibility index (Phi) is 9.71. The lowest BCUT2D eigenvalue weighted by Crippen LogP contribution is -2.43. The first-order valence-corrected chi connectivity index (χ1v) is 16.5. The number of nitrogens with zero attached hydrogens (tertiary/aromatic N) is 1. The third-order valence-electron chi connectivity index (χ3n) is 9.93. The van der Waals surface area contributed by atoms with E-state index in [9.17, 15) is 8.78 Å². The van der Waals surface area contributed by atoms with Crippen molar-refractivity contribution in [2.75, 3.05) is 26.2 Å². The molecule has 8 heteroatoms. The van der Waals surface area contributed by atoms with Gasteiger partial charge in [-0.1, -0.05) is 36.4 Å². The molecule has 0 amide bonds. The number of piperidine rings is 1. The van der Waals surface area contributed by atoms with Gasteiger partial charge in [-0.05, 0) is 105 Å². The SMILES string of the molecule is CC(F)(F)CN1CCc2cc(OCc3ccccc3)ccc2C1c1c(F)cc(OC2CCCC3(CCC2)CCNCC3)cc1F. The number of hydrogen-bond acceptors (Lipinski definition) is 4. The number of fused-ring (bicyclic) bond motifs is 1. The molecule has 3 aliphatic rings. The highest BCUT2D eigenvalue weighted by Gasteiger charge is 2.38. The molecule has 2 fully saturated rings. The molecule has 3 aromatic rings. The molecule has 0 bridgehead atoms. The van der Waals surface area contributed by atoms with Gasteiger partial charge in [0, 0.05) is 31.2 Å². The zero-order valence-electron chi connectivity index (χ0n) is 26.1. The van der Waals surface area contributed by atoms with E-state index < -0.39 is 30.1 Å². The quantitative estimate of drug-likeness (QED) is 0.255. The molecule has 4 nitrogen and oxygen atoms in total. The summed E-state index contributed by atoms with van der Waals surface area (Å²) in [5, 5.41) is 3.46. The number of hydrogen-bond donors (Lipinski definition) is 1. The minimum atomic E-state index is -3.03. The highest BCUT2D eigenvalue weighted by molar-refractivity contribution is 5.46. The van der Waals surface area contributed by atoms with Crippen molar-refractivity contribution in [1.82, 2.24) is 10.2 Å². The number of ether oxygens (including phenoxy) is 2. The minimum absolute atomic E-state index is 0.103. The highest BCUT2D eigenvalue weighted by atomic mass is 19.3. The van der Waals surface area contributed by atoms with Crippen LogP contribution in [0.5, 0.6) is 11.5 Å². The predicted octanol–water partition coefficient (Wildman–Crippen LogP) is 8.62. The molecule has 1 spiro atoms. The molecule has 1 saturated heterocycles. The first kappa shape index (κ1) is 31.9. The van der Waals surface area contributed by atoms with Crippen LogP contribution in [0.25, 0.3) is 0 Å². The van der Waals surface area contributed by atoms with E-state index >= 15 is 8.78 Å². The lowest BCUT2D eigenvalue weighted by atomic mass is 9.70. The van der Waals surface area contributed by atoms with E-state index in [1.165, 1.54) is 29.9 Å². The van der Waals surface area contributed by atoms with Gasteiger partial charge in [0.25, 0.3) is 5.92 Å². The molecule has 2 aliphatic heterocycles. The summed E-state index contributed by atoms with van der Waals surface area (Å²) in [4.78, 5) is 1.49. The van der Waals surface area contributed by atoms with Gasteiger partial charge in [-0.15, -0.1) is 0 Å². The maximum atomic E-state index is 16.0. The van der Waals surface area contributed by atoms with E-state index in [2.05, 4.69) is 5.32 Å².